The first-order valence-corrected chi connectivity index (χ1v) is 8.88. The van der Waals surface area contributed by atoms with Gasteiger partial charge in [0.15, 0.2) is 0 Å². The van der Waals surface area contributed by atoms with Crippen molar-refractivity contribution < 1.29 is 13.5 Å². The van der Waals surface area contributed by atoms with Gasteiger partial charge in [-0.25, -0.2) is 8.42 Å². The fraction of sp³-hybridized carbons (Fsp3) is 0.600. The van der Waals surface area contributed by atoms with Crippen molar-refractivity contribution in [3.8, 4) is 0 Å². The highest BCUT2D eigenvalue weighted by atomic mass is 32.2. The first kappa shape index (κ1) is 13.4. The molecule has 17 heavy (non-hydrogen) atoms. The summed E-state index contributed by atoms with van der Waals surface area (Å²) in [6, 6.07) is 1.57. The van der Waals surface area contributed by atoms with Gasteiger partial charge in [0.1, 0.15) is 4.21 Å². The summed E-state index contributed by atoms with van der Waals surface area (Å²) in [4.78, 5) is 0. The predicted molar refractivity (Wildman–Crippen MR) is 70.9 cm³/mol. The van der Waals surface area contributed by atoms with Crippen LogP contribution in [0.25, 0.3) is 0 Å². The maximum absolute atomic E-state index is 12.3. The lowest BCUT2D eigenvalue weighted by Crippen LogP contribution is -2.32. The minimum absolute atomic E-state index is 0.109. The number of aliphatic hydroxyl groups is 1. The molecular weight excluding hydrogens is 278 g/mol. The summed E-state index contributed by atoms with van der Waals surface area (Å²) < 4.78 is 26.5. The molecule has 2 heterocycles. The van der Waals surface area contributed by atoms with Crippen molar-refractivity contribution in [1.29, 1.82) is 0 Å². The van der Waals surface area contributed by atoms with E-state index < -0.39 is 10.0 Å². The third-order valence-corrected chi connectivity index (χ3v) is 7.00. The van der Waals surface area contributed by atoms with E-state index in [9.17, 15) is 8.42 Å². The minimum Gasteiger partial charge on any atom is -0.392 e. The van der Waals surface area contributed by atoms with Crippen LogP contribution in [0.2, 0.25) is 0 Å². The molecule has 0 aromatic carbocycles. The van der Waals surface area contributed by atoms with Crippen LogP contribution in [0.15, 0.2) is 15.7 Å². The lowest BCUT2D eigenvalue weighted by atomic mass is 10.4. The van der Waals surface area contributed by atoms with E-state index in [2.05, 4.69) is 0 Å². The Morgan fingerprint density at radius 2 is 2.18 bits per heavy atom. The number of thioether (sulfide) groups is 1. The maximum atomic E-state index is 12.3. The third kappa shape index (κ3) is 3.03. The number of hydrogen-bond acceptors (Lipinski definition) is 5. The van der Waals surface area contributed by atoms with Gasteiger partial charge in [-0.2, -0.15) is 16.1 Å². The average molecular weight is 293 g/mol. The predicted octanol–water partition coefficient (Wildman–Crippen LogP) is 1.37. The van der Waals surface area contributed by atoms with Gasteiger partial charge in [-0.15, -0.1) is 11.3 Å². The molecule has 0 aliphatic carbocycles. The van der Waals surface area contributed by atoms with Crippen molar-refractivity contribution in [1.82, 2.24) is 4.31 Å². The van der Waals surface area contributed by atoms with Crippen molar-refractivity contribution >= 4 is 33.1 Å². The quantitative estimate of drug-likeness (QED) is 0.914. The molecule has 0 saturated carbocycles. The molecule has 1 aromatic heterocycles. The van der Waals surface area contributed by atoms with Crippen molar-refractivity contribution in [3.05, 3.63) is 17.0 Å². The third-order valence-electron chi connectivity index (χ3n) is 2.59. The molecule has 7 heteroatoms. The molecule has 0 amide bonds. The molecule has 1 aliphatic heterocycles. The Bertz CT molecular complexity index is 461. The van der Waals surface area contributed by atoms with E-state index >= 15 is 0 Å². The number of hydrogen-bond donors (Lipinski definition) is 1. The van der Waals surface area contributed by atoms with Crippen LogP contribution in [0.3, 0.4) is 0 Å². The first-order valence-electron chi connectivity index (χ1n) is 5.41. The summed E-state index contributed by atoms with van der Waals surface area (Å²) in [6.45, 7) is 1.07. The zero-order chi connectivity index (χ0) is 12.3. The van der Waals surface area contributed by atoms with E-state index in [0.717, 1.165) is 17.9 Å². The summed E-state index contributed by atoms with van der Waals surface area (Å²) in [5.41, 5.74) is 0.665. The molecule has 0 bridgehead atoms. The molecule has 0 spiro atoms. The van der Waals surface area contributed by atoms with E-state index in [-0.39, 0.29) is 6.61 Å². The zero-order valence-corrected chi connectivity index (χ0v) is 11.8. The smallest absolute Gasteiger partial charge is 0.252 e. The lowest BCUT2D eigenvalue weighted by molar-refractivity contribution is 0.282. The summed E-state index contributed by atoms with van der Waals surface area (Å²) >= 11 is 2.98. The Morgan fingerprint density at radius 3 is 2.88 bits per heavy atom. The van der Waals surface area contributed by atoms with Gasteiger partial charge in [-0.05, 0) is 29.2 Å². The van der Waals surface area contributed by atoms with Gasteiger partial charge in [0, 0.05) is 18.8 Å². The molecule has 4 nitrogen and oxygen atoms in total. The Morgan fingerprint density at radius 1 is 1.35 bits per heavy atom. The highest BCUT2D eigenvalue weighted by molar-refractivity contribution is 7.99. The number of sulfonamides is 1. The van der Waals surface area contributed by atoms with E-state index in [4.69, 9.17) is 5.11 Å². The van der Waals surface area contributed by atoms with Crippen LogP contribution >= 0.6 is 23.1 Å². The van der Waals surface area contributed by atoms with Crippen LogP contribution < -0.4 is 0 Å². The Labute approximate surface area is 110 Å². The second kappa shape index (κ2) is 5.71. The second-order valence-corrected chi connectivity index (χ2v) is 8.10. The van der Waals surface area contributed by atoms with Crippen LogP contribution in [0.5, 0.6) is 0 Å². The van der Waals surface area contributed by atoms with Gasteiger partial charge < -0.3 is 5.11 Å². The van der Waals surface area contributed by atoms with E-state index in [1.54, 1.807) is 27.5 Å². The Balaban J connectivity index is 2.22. The Kier molecular flexibility index (Phi) is 4.48. The number of rotatable bonds is 3. The van der Waals surface area contributed by atoms with Crippen LogP contribution in [0, 0.1) is 0 Å². The molecular formula is C10H15NO3S3. The van der Waals surface area contributed by atoms with Crippen molar-refractivity contribution in [2.45, 2.75) is 17.2 Å². The first-order chi connectivity index (χ1) is 8.14. The Hall–Kier alpha value is -0.0800. The van der Waals surface area contributed by atoms with E-state index in [1.165, 1.54) is 11.3 Å². The fourth-order valence-electron chi connectivity index (χ4n) is 1.66. The van der Waals surface area contributed by atoms with Crippen molar-refractivity contribution in [2.75, 3.05) is 24.6 Å². The highest BCUT2D eigenvalue weighted by Gasteiger charge is 2.26. The van der Waals surface area contributed by atoms with Crippen molar-refractivity contribution in [3.63, 3.8) is 0 Å². The van der Waals surface area contributed by atoms with E-state index in [0.29, 0.717) is 22.9 Å². The fourth-order valence-corrected chi connectivity index (χ4v) is 5.50. The minimum atomic E-state index is -3.35. The largest absolute Gasteiger partial charge is 0.392 e. The van der Waals surface area contributed by atoms with Crippen LogP contribution in [-0.2, 0) is 16.6 Å². The van der Waals surface area contributed by atoms with Crippen LogP contribution in [0.4, 0.5) is 0 Å². The van der Waals surface area contributed by atoms with Gasteiger partial charge >= 0.3 is 0 Å². The molecule has 1 fully saturated rings. The molecule has 96 valence electrons. The second-order valence-electron chi connectivity index (χ2n) is 3.80. The van der Waals surface area contributed by atoms with Gasteiger partial charge in [0.05, 0.1) is 6.61 Å². The molecule has 1 saturated heterocycles. The maximum Gasteiger partial charge on any atom is 0.252 e. The normalized spacial score (nSPS) is 19.1. The summed E-state index contributed by atoms with van der Waals surface area (Å²) in [5.74, 6) is 1.88. The van der Waals surface area contributed by atoms with Gasteiger partial charge in [-0.1, -0.05) is 0 Å². The topological polar surface area (TPSA) is 57.6 Å². The van der Waals surface area contributed by atoms with E-state index in [1.807, 2.05) is 0 Å². The molecule has 0 atom stereocenters. The molecule has 0 unspecified atom stereocenters. The molecule has 0 radical (unpaired) electrons. The SMILES string of the molecule is O=S(=O)(c1cc(CO)cs1)N1CCCSCC1. The average Bonchev–Trinajstić information content (AvgIpc) is 2.64. The zero-order valence-electron chi connectivity index (χ0n) is 9.33. The monoisotopic (exact) mass is 293 g/mol. The molecule has 1 aromatic rings. The molecule has 1 aliphatic rings. The molecule has 2 rings (SSSR count). The highest BCUT2D eigenvalue weighted by Crippen LogP contribution is 2.25. The summed E-state index contributed by atoms with van der Waals surface area (Å²) in [7, 11) is -3.35. The summed E-state index contributed by atoms with van der Waals surface area (Å²) in [5, 5.41) is 10.7. The summed E-state index contributed by atoms with van der Waals surface area (Å²) in [6.07, 6.45) is 0.905. The standard InChI is InChI=1S/C10H15NO3S3/c12-7-9-6-10(16-8-9)17(13,14)11-2-1-4-15-5-3-11/h6,8,12H,1-5,7H2. The molecule has 1 N–H and O–H groups in total. The number of aliphatic hydroxyl groups excluding tert-OH is 1. The van der Waals surface area contributed by atoms with Crippen LogP contribution in [-0.4, -0.2) is 42.4 Å². The van der Waals surface area contributed by atoms with Crippen molar-refractivity contribution in [2.24, 2.45) is 0 Å². The number of nitrogens with zero attached hydrogens (tertiary/aromatic N) is 1. The van der Waals surface area contributed by atoms with Gasteiger partial charge in [-0.3, -0.25) is 0 Å². The lowest BCUT2D eigenvalue weighted by Gasteiger charge is -2.18. The van der Waals surface area contributed by atoms with Crippen LogP contribution in [0.1, 0.15) is 12.0 Å². The van der Waals surface area contributed by atoms with Gasteiger partial charge in [0.2, 0.25) is 0 Å². The number of thiophene rings is 1. The van der Waals surface area contributed by atoms with Gasteiger partial charge in [0.25, 0.3) is 10.0 Å².